The molecule has 244 valence electrons. The van der Waals surface area contributed by atoms with Gasteiger partial charge in [0.15, 0.2) is 0 Å². The summed E-state index contributed by atoms with van der Waals surface area (Å²) in [6, 6.07) is 17.1. The first-order valence-corrected chi connectivity index (χ1v) is 19.9. The fourth-order valence-corrected chi connectivity index (χ4v) is 6.90. The van der Waals surface area contributed by atoms with E-state index in [9.17, 15) is 4.79 Å². The highest BCUT2D eigenvalue weighted by atomic mass is 28.3. The van der Waals surface area contributed by atoms with Crippen molar-refractivity contribution in [2.24, 2.45) is 11.8 Å². The number of pyridine rings is 2. The number of hydrogen-bond donors (Lipinski definition) is 0. The molecule has 0 N–H and O–H groups in total. The Kier molecular flexibility index (Phi) is 9.18. The van der Waals surface area contributed by atoms with Crippen molar-refractivity contribution in [3.8, 4) is 22.9 Å². The maximum Gasteiger partial charge on any atom is 0.410 e. The van der Waals surface area contributed by atoms with E-state index >= 15 is 0 Å². The van der Waals surface area contributed by atoms with Crippen LogP contribution in [0, 0.1) is 11.8 Å². The highest BCUT2D eigenvalue weighted by Gasteiger charge is 2.42. The quantitative estimate of drug-likeness (QED) is 0.136. The van der Waals surface area contributed by atoms with Gasteiger partial charge in [0.1, 0.15) is 18.1 Å². The van der Waals surface area contributed by atoms with Gasteiger partial charge < -0.3 is 19.1 Å². The van der Waals surface area contributed by atoms with E-state index < -0.39 is 13.7 Å². The first-order chi connectivity index (χ1) is 21.9. The minimum absolute atomic E-state index is 0.196. The second kappa shape index (κ2) is 13.1. The maximum absolute atomic E-state index is 12.5. The van der Waals surface area contributed by atoms with Crippen molar-refractivity contribution in [1.82, 2.24) is 29.5 Å². The zero-order valence-corrected chi connectivity index (χ0v) is 28.9. The molecule has 46 heavy (non-hydrogen) atoms. The molecule has 0 radical (unpaired) electrons. The van der Waals surface area contributed by atoms with Gasteiger partial charge in [-0.05, 0) is 75.0 Å². The van der Waals surface area contributed by atoms with E-state index in [-0.39, 0.29) is 6.09 Å². The van der Waals surface area contributed by atoms with Gasteiger partial charge in [-0.25, -0.2) is 14.5 Å². The third-order valence-corrected chi connectivity index (χ3v) is 10.2. The summed E-state index contributed by atoms with van der Waals surface area (Å²) in [5.41, 5.74) is 3.43. The molecule has 3 aromatic heterocycles. The highest BCUT2D eigenvalue weighted by Crippen LogP contribution is 2.33. The first kappa shape index (κ1) is 32.2. The number of carbonyl (C=O) groups excluding carboxylic acids is 1. The minimum atomic E-state index is -1.13. The van der Waals surface area contributed by atoms with Crippen molar-refractivity contribution < 1.29 is 19.0 Å². The van der Waals surface area contributed by atoms with E-state index in [0.29, 0.717) is 30.2 Å². The normalized spacial score (nSPS) is 18.7. The van der Waals surface area contributed by atoms with Crippen LogP contribution in [0.25, 0.3) is 22.2 Å². The summed E-state index contributed by atoms with van der Waals surface area (Å²) in [7, 11) is -1.13. The Hall–Kier alpha value is -3.80. The molecule has 2 fully saturated rings. The number of carbonyl (C=O) groups is 1. The van der Waals surface area contributed by atoms with Crippen LogP contribution in [0.15, 0.2) is 60.9 Å². The fourth-order valence-electron chi connectivity index (χ4n) is 6.14. The molecule has 5 heterocycles. The standard InChI is InChI=1S/C35H46N6O4Si/c1-35(2,3)45-34(42)40-21-27-19-39(20-28(27)22-40)23-29-9-7-25-17-30(10-11-31(25)38-29)44-33-12-8-26(18-36-33)32-13-14-37-41(32)24-43-15-16-46(4,5)6/h7-14,17-18,27-28H,15-16,19-24H2,1-6H3. The van der Waals surface area contributed by atoms with Crippen molar-refractivity contribution in [2.45, 2.75) is 65.3 Å². The largest absolute Gasteiger partial charge is 0.444 e. The zero-order valence-electron chi connectivity index (χ0n) is 27.9. The van der Waals surface area contributed by atoms with Gasteiger partial charge in [0, 0.05) is 76.8 Å². The molecule has 0 aliphatic carbocycles. The molecule has 2 aliphatic heterocycles. The number of fused-ring (bicyclic) bond motifs is 2. The SMILES string of the molecule is CC(C)(C)OC(=O)N1CC2CN(Cc3ccc4cc(Oc5ccc(-c6ccnn6COCC[Si](C)(C)C)cn5)ccc4n3)CC2C1. The molecular formula is C35H46N6O4Si. The number of nitrogens with zero attached hydrogens (tertiary/aromatic N) is 6. The molecule has 11 heteroatoms. The molecule has 4 aromatic rings. The van der Waals surface area contributed by atoms with Gasteiger partial charge >= 0.3 is 6.09 Å². The van der Waals surface area contributed by atoms with Gasteiger partial charge in [0.25, 0.3) is 0 Å². The molecule has 1 amide bonds. The average Bonchev–Trinajstić information content (AvgIpc) is 3.70. The Labute approximate surface area is 272 Å². The Morgan fingerprint density at radius 1 is 0.978 bits per heavy atom. The number of amides is 1. The van der Waals surface area contributed by atoms with Crippen LogP contribution in [0.1, 0.15) is 26.5 Å². The van der Waals surface area contributed by atoms with Gasteiger partial charge in [-0.3, -0.25) is 9.88 Å². The Balaban J connectivity index is 1.02. The second-order valence-corrected chi connectivity index (χ2v) is 20.4. The lowest BCUT2D eigenvalue weighted by Crippen LogP contribution is -2.37. The van der Waals surface area contributed by atoms with E-state index in [1.54, 1.807) is 12.4 Å². The Morgan fingerprint density at radius 2 is 1.76 bits per heavy atom. The number of benzene rings is 1. The molecule has 0 bridgehead atoms. The smallest absolute Gasteiger partial charge is 0.410 e. The van der Waals surface area contributed by atoms with E-state index in [2.05, 4.69) is 46.8 Å². The summed E-state index contributed by atoms with van der Waals surface area (Å²) in [6.45, 7) is 18.2. The summed E-state index contributed by atoms with van der Waals surface area (Å²) in [4.78, 5) is 26.3. The molecule has 2 aliphatic rings. The van der Waals surface area contributed by atoms with Crippen LogP contribution in [0.5, 0.6) is 11.6 Å². The molecule has 1 aromatic carbocycles. The predicted octanol–water partition coefficient (Wildman–Crippen LogP) is 6.90. The zero-order chi connectivity index (χ0) is 32.5. The van der Waals surface area contributed by atoms with Crippen molar-refractivity contribution in [1.29, 1.82) is 0 Å². The maximum atomic E-state index is 12.5. The molecule has 0 saturated carbocycles. The first-order valence-electron chi connectivity index (χ1n) is 16.2. The lowest BCUT2D eigenvalue weighted by atomic mass is 10.0. The van der Waals surface area contributed by atoms with Crippen molar-refractivity contribution in [2.75, 3.05) is 32.8 Å². The summed E-state index contributed by atoms with van der Waals surface area (Å²) in [5, 5.41) is 5.45. The van der Waals surface area contributed by atoms with Gasteiger partial charge in [-0.2, -0.15) is 5.10 Å². The van der Waals surface area contributed by atoms with Crippen LogP contribution in [-0.4, -0.2) is 82.1 Å². The lowest BCUT2D eigenvalue weighted by molar-refractivity contribution is 0.0274. The van der Waals surface area contributed by atoms with E-state index in [4.69, 9.17) is 19.2 Å². The molecule has 2 unspecified atom stereocenters. The van der Waals surface area contributed by atoms with Crippen LogP contribution in [0.2, 0.25) is 25.7 Å². The van der Waals surface area contributed by atoms with Crippen LogP contribution in [0.4, 0.5) is 4.79 Å². The highest BCUT2D eigenvalue weighted by molar-refractivity contribution is 6.76. The van der Waals surface area contributed by atoms with Crippen LogP contribution in [0.3, 0.4) is 0 Å². The Morgan fingerprint density at radius 3 is 2.46 bits per heavy atom. The molecule has 0 spiro atoms. The molecular weight excluding hydrogens is 597 g/mol. The molecule has 2 atom stereocenters. The lowest BCUT2D eigenvalue weighted by Gasteiger charge is -2.26. The number of rotatable bonds is 10. The number of aromatic nitrogens is 4. The third kappa shape index (κ3) is 8.12. The molecule has 2 saturated heterocycles. The van der Waals surface area contributed by atoms with Crippen molar-refractivity contribution in [3.05, 3.63) is 66.6 Å². The van der Waals surface area contributed by atoms with E-state index in [1.165, 1.54) is 0 Å². The van der Waals surface area contributed by atoms with Gasteiger partial charge in [-0.1, -0.05) is 25.7 Å². The van der Waals surface area contributed by atoms with Crippen molar-refractivity contribution in [3.63, 3.8) is 0 Å². The van der Waals surface area contributed by atoms with Crippen LogP contribution in [-0.2, 0) is 22.7 Å². The fraction of sp³-hybridized carbons (Fsp3) is 0.486. The van der Waals surface area contributed by atoms with E-state index in [1.807, 2.05) is 66.8 Å². The van der Waals surface area contributed by atoms with Crippen LogP contribution < -0.4 is 4.74 Å². The van der Waals surface area contributed by atoms with Gasteiger partial charge in [-0.15, -0.1) is 0 Å². The topological polar surface area (TPSA) is 94.8 Å². The monoisotopic (exact) mass is 642 g/mol. The van der Waals surface area contributed by atoms with Gasteiger partial charge in [0.05, 0.1) is 16.9 Å². The predicted molar refractivity (Wildman–Crippen MR) is 181 cm³/mol. The summed E-state index contributed by atoms with van der Waals surface area (Å²) >= 11 is 0. The molecule has 6 rings (SSSR count). The Bertz CT molecular complexity index is 1650. The second-order valence-electron chi connectivity index (χ2n) is 14.8. The molecule has 10 nitrogen and oxygen atoms in total. The third-order valence-electron chi connectivity index (χ3n) is 8.50. The average molecular weight is 643 g/mol. The number of ether oxygens (including phenoxy) is 3. The summed E-state index contributed by atoms with van der Waals surface area (Å²) in [5.74, 6) is 2.20. The van der Waals surface area contributed by atoms with Gasteiger partial charge in [0.2, 0.25) is 5.88 Å². The van der Waals surface area contributed by atoms with Crippen LogP contribution >= 0.6 is 0 Å². The van der Waals surface area contributed by atoms with E-state index in [0.717, 1.165) is 73.2 Å². The summed E-state index contributed by atoms with van der Waals surface area (Å²) < 4.78 is 19.4. The minimum Gasteiger partial charge on any atom is -0.444 e. The number of hydrogen-bond acceptors (Lipinski definition) is 8. The van der Waals surface area contributed by atoms with Crippen molar-refractivity contribution >= 4 is 25.1 Å². The number of likely N-dealkylation sites (tertiary alicyclic amines) is 2. The summed E-state index contributed by atoms with van der Waals surface area (Å²) in [6.07, 6.45) is 3.40.